The number of hydrogen-bond donors (Lipinski definition) is 0. The van der Waals surface area contributed by atoms with Crippen LogP contribution in [0.5, 0.6) is 0 Å². The monoisotopic (exact) mass is 1400 g/mol. The van der Waals surface area contributed by atoms with E-state index < -0.39 is 0 Å². The van der Waals surface area contributed by atoms with E-state index in [1.807, 2.05) is 12.1 Å². The first-order valence-electron chi connectivity index (χ1n) is 37.7. The van der Waals surface area contributed by atoms with Crippen LogP contribution in [-0.4, -0.2) is 18.3 Å². The van der Waals surface area contributed by atoms with E-state index in [2.05, 4.69) is 394 Å². The fourth-order valence-electron chi connectivity index (χ4n) is 17.8. The quantitative estimate of drug-likeness (QED) is 0.152. The summed E-state index contributed by atoms with van der Waals surface area (Å²) in [6.07, 6.45) is 0. The number of para-hydroxylation sites is 4. The summed E-state index contributed by atoms with van der Waals surface area (Å²) in [5, 5.41) is 19.1. The van der Waals surface area contributed by atoms with Crippen LogP contribution >= 0.6 is 0 Å². The molecule has 0 bridgehead atoms. The van der Waals surface area contributed by atoms with E-state index in [0.29, 0.717) is 0 Å². The number of rotatable bonds is 8. The number of fused-ring (bicyclic) bond motifs is 22. The van der Waals surface area contributed by atoms with E-state index in [9.17, 15) is 0 Å². The van der Waals surface area contributed by atoms with Crippen LogP contribution in [0.3, 0.4) is 0 Å². The van der Waals surface area contributed by atoms with Gasteiger partial charge < -0.3 is 27.1 Å². The third-order valence-electron chi connectivity index (χ3n) is 23.0. The first kappa shape index (κ1) is 61.6. The van der Waals surface area contributed by atoms with Gasteiger partial charge in [-0.15, -0.1) is 0 Å². The maximum Gasteiger partial charge on any atom is 0.160 e. The van der Waals surface area contributed by atoms with Gasteiger partial charge in [-0.1, -0.05) is 249 Å². The van der Waals surface area contributed by atoms with Crippen LogP contribution in [0.1, 0.15) is 0 Å². The molecule has 0 amide bonds. The van der Waals surface area contributed by atoms with Crippen LogP contribution in [0.4, 0.5) is 0 Å². The van der Waals surface area contributed by atoms with Gasteiger partial charge in [-0.2, -0.15) is 0 Å². The highest BCUT2D eigenvalue weighted by Gasteiger charge is 2.24. The molecule has 6 heterocycles. The Morgan fingerprint density at radius 3 is 1.01 bits per heavy atom. The Labute approximate surface area is 631 Å². The molecule has 6 heteroatoms. The molecule has 0 spiro atoms. The molecule has 0 N–H and O–H groups in total. The van der Waals surface area contributed by atoms with E-state index >= 15 is 0 Å². The highest BCUT2D eigenvalue weighted by molar-refractivity contribution is 6.26. The normalized spacial score (nSPS) is 12.0. The third kappa shape index (κ3) is 9.62. The van der Waals surface area contributed by atoms with Crippen molar-refractivity contribution in [1.29, 1.82) is 0 Å². The number of hydrogen-bond acceptors (Lipinski definition) is 2. The van der Waals surface area contributed by atoms with Gasteiger partial charge in [0, 0.05) is 82.0 Å². The zero-order chi connectivity index (χ0) is 72.1. The Morgan fingerprint density at radius 1 is 0.164 bits per heavy atom. The molecule has 0 unspecified atom stereocenters. The van der Waals surface area contributed by atoms with Crippen LogP contribution in [-0.2, 0) is 0 Å². The van der Waals surface area contributed by atoms with Crippen molar-refractivity contribution in [2.75, 3.05) is 0 Å². The predicted molar refractivity (Wildman–Crippen MR) is 462 cm³/mol. The lowest BCUT2D eigenvalue weighted by Crippen LogP contribution is -1.94. The van der Waals surface area contributed by atoms with Gasteiger partial charge in [0.1, 0.15) is 16.7 Å². The van der Waals surface area contributed by atoms with Crippen molar-refractivity contribution in [2.45, 2.75) is 0 Å². The Hall–Kier alpha value is -14.7. The summed E-state index contributed by atoms with van der Waals surface area (Å²) in [6, 6.07) is 141. The lowest BCUT2D eigenvalue weighted by Gasteiger charge is -2.11. The molecule has 0 aliphatic carbocycles. The smallest absolute Gasteiger partial charge is 0.160 e. The van der Waals surface area contributed by atoms with Gasteiger partial charge in [0.2, 0.25) is 0 Å². The zero-order valence-electron chi connectivity index (χ0n) is 59.6. The molecule has 6 nitrogen and oxygen atoms in total. The van der Waals surface area contributed by atoms with Crippen molar-refractivity contribution >= 4 is 153 Å². The molecule has 0 aliphatic rings. The van der Waals surface area contributed by atoms with Crippen LogP contribution in [0.25, 0.3) is 220 Å². The first-order valence-corrected chi connectivity index (χ1v) is 37.7. The van der Waals surface area contributed by atoms with Gasteiger partial charge in [0.05, 0.1) is 49.5 Å². The molecule has 18 aromatic carbocycles. The first-order chi connectivity index (χ1) is 54.5. The predicted octanol–water partition coefficient (Wildman–Crippen LogP) is 28.5. The molecule has 0 saturated carbocycles. The maximum absolute atomic E-state index is 6.71. The molecule has 0 fully saturated rings. The fourth-order valence-corrected chi connectivity index (χ4v) is 17.8. The maximum atomic E-state index is 6.71. The molecular formula is C104H64N4O2. The van der Waals surface area contributed by atoms with Gasteiger partial charge in [-0.05, 0) is 206 Å². The lowest BCUT2D eigenvalue weighted by atomic mass is 10.00. The topological polar surface area (TPSA) is 46.0 Å². The average molecular weight is 1400 g/mol. The van der Waals surface area contributed by atoms with Crippen molar-refractivity contribution < 1.29 is 8.83 Å². The van der Waals surface area contributed by atoms with Gasteiger partial charge in [0.25, 0.3) is 0 Å². The summed E-state index contributed by atoms with van der Waals surface area (Å²) in [4.78, 5) is 0. The minimum atomic E-state index is 0.903. The number of nitrogens with zero attached hydrogens (tertiary/aromatic N) is 4. The van der Waals surface area contributed by atoms with Crippen molar-refractivity contribution in [3.05, 3.63) is 388 Å². The molecule has 0 saturated heterocycles. The van der Waals surface area contributed by atoms with Gasteiger partial charge in [0.15, 0.2) is 5.58 Å². The molecule has 24 aromatic rings. The van der Waals surface area contributed by atoms with E-state index in [1.54, 1.807) is 0 Å². The summed E-state index contributed by atoms with van der Waals surface area (Å²) < 4.78 is 23.0. The SMILES string of the molecule is c1ccc(-c2ccc(-n3c4ccccc4c4cc(-c5ccc6c(c5)c5c7oc8ccccc8c7ccc5n6-c5ccc6ccccc6c5)ccc43)cc2)cc1.c1ccc(-c2ccc(-n3c4ccccc4c4cc(-c5ccc6c(c5)c5ccc7c8ccccc8oc7c5n6-c5ccc6ccccc6c5)ccc43)cc2)cc1. The third-order valence-corrected chi connectivity index (χ3v) is 23.0. The second kappa shape index (κ2) is 24.4. The molecule has 0 radical (unpaired) electrons. The number of furan rings is 2. The second-order valence-electron chi connectivity index (χ2n) is 29.1. The van der Waals surface area contributed by atoms with Gasteiger partial charge in [-0.3, -0.25) is 0 Å². The van der Waals surface area contributed by atoms with Crippen LogP contribution in [0.2, 0.25) is 0 Å². The van der Waals surface area contributed by atoms with Crippen LogP contribution in [0.15, 0.2) is 397 Å². The van der Waals surface area contributed by atoms with Gasteiger partial charge in [-0.25, -0.2) is 0 Å². The molecule has 24 rings (SSSR count). The fraction of sp³-hybridized carbons (Fsp3) is 0. The van der Waals surface area contributed by atoms with Crippen molar-refractivity contribution in [3.8, 4) is 67.3 Å². The minimum Gasteiger partial charge on any atom is -0.455 e. The average Bonchev–Trinajstić information content (AvgIpc) is 1.57. The summed E-state index contributed by atoms with van der Waals surface area (Å²) >= 11 is 0. The zero-order valence-corrected chi connectivity index (χ0v) is 59.6. The largest absolute Gasteiger partial charge is 0.455 e. The molecular weight excluding hydrogens is 1340 g/mol. The molecule has 6 aromatic heterocycles. The van der Waals surface area contributed by atoms with Crippen LogP contribution in [0, 0.1) is 0 Å². The van der Waals surface area contributed by atoms with E-state index in [0.717, 1.165) is 94.1 Å². The summed E-state index contributed by atoms with van der Waals surface area (Å²) in [6.45, 7) is 0. The minimum absolute atomic E-state index is 0.903. The summed E-state index contributed by atoms with van der Waals surface area (Å²) in [7, 11) is 0. The number of benzene rings is 18. The second-order valence-corrected chi connectivity index (χ2v) is 29.1. The van der Waals surface area contributed by atoms with Crippen molar-refractivity contribution in [1.82, 2.24) is 18.3 Å². The highest BCUT2D eigenvalue weighted by atomic mass is 16.3. The molecule has 512 valence electrons. The Balaban J connectivity index is 0.000000132. The molecule has 0 atom stereocenters. The van der Waals surface area contributed by atoms with Crippen LogP contribution < -0.4 is 0 Å². The Bertz CT molecular complexity index is 7870. The van der Waals surface area contributed by atoms with E-state index in [-0.39, 0.29) is 0 Å². The summed E-state index contributed by atoms with van der Waals surface area (Å²) in [5.41, 5.74) is 27.1. The van der Waals surface area contributed by atoms with Crippen molar-refractivity contribution in [2.24, 2.45) is 0 Å². The number of aromatic nitrogens is 4. The highest BCUT2D eigenvalue weighted by Crippen LogP contribution is 2.47. The molecule has 110 heavy (non-hydrogen) atoms. The van der Waals surface area contributed by atoms with Gasteiger partial charge >= 0.3 is 0 Å². The summed E-state index contributed by atoms with van der Waals surface area (Å²) in [5.74, 6) is 0. The standard InChI is InChI=1S/2C52H32N2O/c1-2-10-33(11-3-1)35-18-23-39(24-19-35)53-47-16-8-6-14-41(47)45-31-37(21-28-48(45)53)38-22-29-49-46(32-38)43-26-27-44-42-15-7-9-17-50(42)55-52(44)51(43)54(49)40-25-20-34-12-4-5-13-36(34)30-40;1-2-10-33(11-3-1)35-18-23-39(24-19-35)53-46-16-8-6-14-41(46)44-31-37(21-27-47(44)53)38-22-28-48-45(32-38)51-49(29-26-43-42-15-7-9-17-50(42)55-52(43)51)54(48)40-25-20-34-12-4-5-13-36(34)30-40/h2*1-32H. The van der Waals surface area contributed by atoms with Crippen molar-refractivity contribution in [3.63, 3.8) is 0 Å². The molecule has 0 aliphatic heterocycles. The Kier molecular flexibility index (Phi) is 13.7. The Morgan fingerprint density at radius 2 is 0.491 bits per heavy atom. The lowest BCUT2D eigenvalue weighted by molar-refractivity contribution is 0.671. The van der Waals surface area contributed by atoms with E-state index in [4.69, 9.17) is 8.83 Å². The van der Waals surface area contributed by atoms with E-state index in [1.165, 1.54) is 126 Å².